The molecule has 64 valence electrons. The molecule has 3 nitrogen and oxygen atoms in total. The predicted molar refractivity (Wildman–Crippen MR) is 48.6 cm³/mol. The topological polar surface area (TPSA) is 38.5 Å². The molecule has 1 atom stereocenters. The van der Waals surface area contributed by atoms with Gasteiger partial charge in [-0.25, -0.2) is 0 Å². The molecule has 1 saturated heterocycles. The molecule has 0 bridgehead atoms. The zero-order valence-electron chi connectivity index (χ0n) is 6.75. The van der Waals surface area contributed by atoms with Crippen molar-refractivity contribution in [2.45, 2.75) is 13.0 Å². The SMILES string of the molecule is CCN1CCOC(C(N)=S)C1. The first-order valence-corrected chi connectivity index (χ1v) is 4.28. The minimum atomic E-state index is -0.0290. The Balaban J connectivity index is 2.39. The van der Waals surface area contributed by atoms with Crippen LogP contribution >= 0.6 is 12.2 Å². The quantitative estimate of drug-likeness (QED) is 0.598. The van der Waals surface area contributed by atoms with Gasteiger partial charge >= 0.3 is 0 Å². The average molecular weight is 174 g/mol. The van der Waals surface area contributed by atoms with Crippen LogP contribution in [0.4, 0.5) is 0 Å². The lowest BCUT2D eigenvalue weighted by molar-refractivity contribution is 0.00945. The summed E-state index contributed by atoms with van der Waals surface area (Å²) >= 11 is 4.84. The molecule has 0 aliphatic carbocycles. The second-order valence-corrected chi connectivity index (χ2v) is 3.13. The number of likely N-dealkylation sites (N-methyl/N-ethyl adjacent to an activating group) is 1. The molecule has 4 heteroatoms. The third kappa shape index (κ3) is 2.39. The summed E-state index contributed by atoms with van der Waals surface area (Å²) < 4.78 is 5.36. The molecule has 0 aromatic heterocycles. The Hall–Kier alpha value is -0.190. The normalized spacial score (nSPS) is 26.8. The van der Waals surface area contributed by atoms with Crippen molar-refractivity contribution < 1.29 is 4.74 Å². The highest BCUT2D eigenvalue weighted by molar-refractivity contribution is 7.80. The Morgan fingerprint density at radius 2 is 2.55 bits per heavy atom. The summed E-state index contributed by atoms with van der Waals surface area (Å²) in [6.45, 7) is 5.77. The number of thiocarbonyl (C=S) groups is 1. The maximum atomic E-state index is 5.46. The fourth-order valence-electron chi connectivity index (χ4n) is 1.16. The smallest absolute Gasteiger partial charge is 0.120 e. The lowest BCUT2D eigenvalue weighted by Gasteiger charge is -2.31. The molecule has 0 aromatic carbocycles. The fourth-order valence-corrected chi connectivity index (χ4v) is 1.30. The van der Waals surface area contributed by atoms with Crippen LogP contribution in [0.1, 0.15) is 6.92 Å². The average Bonchev–Trinajstić information content (AvgIpc) is 2.05. The van der Waals surface area contributed by atoms with E-state index >= 15 is 0 Å². The molecule has 2 N–H and O–H groups in total. The largest absolute Gasteiger partial charge is 0.391 e. The van der Waals surface area contributed by atoms with Crippen molar-refractivity contribution >= 4 is 17.2 Å². The first kappa shape index (κ1) is 8.90. The van der Waals surface area contributed by atoms with Crippen LogP contribution in [0.25, 0.3) is 0 Å². The van der Waals surface area contributed by atoms with Crippen molar-refractivity contribution in [3.8, 4) is 0 Å². The van der Waals surface area contributed by atoms with Gasteiger partial charge in [0.2, 0.25) is 0 Å². The van der Waals surface area contributed by atoms with Gasteiger partial charge in [-0.1, -0.05) is 19.1 Å². The van der Waals surface area contributed by atoms with Gasteiger partial charge in [-0.2, -0.15) is 0 Å². The van der Waals surface area contributed by atoms with Crippen molar-refractivity contribution in [2.24, 2.45) is 5.73 Å². The molecule has 1 aliphatic rings. The molecule has 1 aliphatic heterocycles. The zero-order valence-corrected chi connectivity index (χ0v) is 7.56. The zero-order chi connectivity index (χ0) is 8.27. The van der Waals surface area contributed by atoms with Crippen LogP contribution in [0.5, 0.6) is 0 Å². The van der Waals surface area contributed by atoms with E-state index in [0.717, 1.165) is 26.2 Å². The van der Waals surface area contributed by atoms with E-state index in [9.17, 15) is 0 Å². The Morgan fingerprint density at radius 3 is 3.09 bits per heavy atom. The van der Waals surface area contributed by atoms with Crippen LogP contribution in [-0.4, -0.2) is 42.2 Å². The van der Waals surface area contributed by atoms with Gasteiger partial charge in [0.05, 0.1) is 6.61 Å². The van der Waals surface area contributed by atoms with Crippen LogP contribution in [-0.2, 0) is 4.74 Å². The Morgan fingerprint density at radius 1 is 1.82 bits per heavy atom. The first-order valence-electron chi connectivity index (χ1n) is 3.87. The van der Waals surface area contributed by atoms with Gasteiger partial charge in [0.25, 0.3) is 0 Å². The van der Waals surface area contributed by atoms with E-state index in [4.69, 9.17) is 22.7 Å². The number of rotatable bonds is 2. The maximum absolute atomic E-state index is 5.46. The van der Waals surface area contributed by atoms with Crippen LogP contribution in [0, 0.1) is 0 Å². The van der Waals surface area contributed by atoms with E-state index in [1.807, 2.05) is 0 Å². The summed E-state index contributed by atoms with van der Waals surface area (Å²) in [6, 6.07) is 0. The molecule has 0 radical (unpaired) electrons. The summed E-state index contributed by atoms with van der Waals surface area (Å²) in [7, 11) is 0. The van der Waals surface area contributed by atoms with E-state index in [0.29, 0.717) is 4.99 Å². The van der Waals surface area contributed by atoms with Gasteiger partial charge in [0, 0.05) is 13.1 Å². The van der Waals surface area contributed by atoms with Crippen LogP contribution in [0.3, 0.4) is 0 Å². The maximum Gasteiger partial charge on any atom is 0.120 e. The number of hydrogen-bond donors (Lipinski definition) is 1. The minimum Gasteiger partial charge on any atom is -0.391 e. The molecular weight excluding hydrogens is 160 g/mol. The Labute approximate surface area is 72.5 Å². The van der Waals surface area contributed by atoms with E-state index in [1.165, 1.54) is 0 Å². The third-order valence-electron chi connectivity index (χ3n) is 1.92. The standard InChI is InChI=1S/C7H14N2OS/c1-2-9-3-4-10-6(5-9)7(8)11/h6H,2-5H2,1H3,(H2,8,11). The molecule has 0 aromatic rings. The monoisotopic (exact) mass is 174 g/mol. The molecule has 1 unspecified atom stereocenters. The summed E-state index contributed by atoms with van der Waals surface area (Å²) in [4.78, 5) is 2.76. The van der Waals surface area contributed by atoms with E-state index < -0.39 is 0 Å². The summed E-state index contributed by atoms with van der Waals surface area (Å²) in [5.41, 5.74) is 5.46. The van der Waals surface area contributed by atoms with Gasteiger partial charge in [-0.15, -0.1) is 0 Å². The van der Waals surface area contributed by atoms with Crippen molar-refractivity contribution in [3.05, 3.63) is 0 Å². The van der Waals surface area contributed by atoms with E-state index in [-0.39, 0.29) is 6.10 Å². The Kier molecular flexibility index (Phi) is 3.23. The van der Waals surface area contributed by atoms with Gasteiger partial charge in [0.15, 0.2) is 0 Å². The molecule has 0 saturated carbocycles. The number of ether oxygens (including phenoxy) is 1. The fraction of sp³-hybridized carbons (Fsp3) is 0.857. The van der Waals surface area contributed by atoms with Gasteiger partial charge in [-0.3, -0.25) is 4.90 Å². The van der Waals surface area contributed by atoms with E-state index in [2.05, 4.69) is 11.8 Å². The highest BCUT2D eigenvalue weighted by atomic mass is 32.1. The van der Waals surface area contributed by atoms with Crippen LogP contribution in [0.2, 0.25) is 0 Å². The number of nitrogens with zero attached hydrogens (tertiary/aromatic N) is 1. The highest BCUT2D eigenvalue weighted by Gasteiger charge is 2.20. The summed E-state index contributed by atoms with van der Waals surface area (Å²) in [6.07, 6.45) is -0.0290. The van der Waals surface area contributed by atoms with Crippen molar-refractivity contribution in [1.82, 2.24) is 4.90 Å². The van der Waals surface area contributed by atoms with E-state index in [1.54, 1.807) is 0 Å². The molecule has 1 heterocycles. The number of hydrogen-bond acceptors (Lipinski definition) is 3. The molecule has 0 spiro atoms. The lowest BCUT2D eigenvalue weighted by Crippen LogP contribution is -2.47. The predicted octanol–water partition coefficient (Wildman–Crippen LogP) is -0.00680. The van der Waals surface area contributed by atoms with Gasteiger partial charge in [-0.05, 0) is 6.54 Å². The Bertz CT molecular complexity index is 151. The molecular formula is C7H14N2OS. The number of nitrogens with two attached hydrogens (primary N) is 1. The molecule has 11 heavy (non-hydrogen) atoms. The second kappa shape index (κ2) is 3.99. The summed E-state index contributed by atoms with van der Waals surface area (Å²) in [5.74, 6) is 0. The summed E-state index contributed by atoms with van der Waals surface area (Å²) in [5, 5.41) is 0. The first-order chi connectivity index (χ1) is 5.24. The third-order valence-corrected chi connectivity index (χ3v) is 2.18. The van der Waals surface area contributed by atoms with Crippen molar-refractivity contribution in [1.29, 1.82) is 0 Å². The van der Waals surface area contributed by atoms with Crippen molar-refractivity contribution in [3.63, 3.8) is 0 Å². The van der Waals surface area contributed by atoms with Crippen LogP contribution in [0.15, 0.2) is 0 Å². The van der Waals surface area contributed by atoms with Gasteiger partial charge < -0.3 is 10.5 Å². The van der Waals surface area contributed by atoms with Gasteiger partial charge in [0.1, 0.15) is 11.1 Å². The second-order valence-electron chi connectivity index (χ2n) is 2.66. The lowest BCUT2D eigenvalue weighted by atomic mass is 10.3. The van der Waals surface area contributed by atoms with Crippen LogP contribution < -0.4 is 5.73 Å². The minimum absolute atomic E-state index is 0.0290. The molecule has 0 amide bonds. The number of morpholine rings is 1. The molecule has 1 fully saturated rings. The highest BCUT2D eigenvalue weighted by Crippen LogP contribution is 2.04. The van der Waals surface area contributed by atoms with Crippen molar-refractivity contribution in [2.75, 3.05) is 26.2 Å². The molecule has 1 rings (SSSR count).